The van der Waals surface area contributed by atoms with Gasteiger partial charge in [-0.3, -0.25) is 30.2 Å². The molecule has 9 heteroatoms. The molecule has 0 fully saturated rings. The Morgan fingerprint density at radius 3 is 2.18 bits per heavy atom. The molecular weight excluding hydrogens is 482 g/mol. The van der Waals surface area contributed by atoms with Crippen LogP contribution in [0, 0.1) is 6.92 Å². The van der Waals surface area contributed by atoms with E-state index in [4.69, 9.17) is 4.42 Å². The second kappa shape index (κ2) is 10.9. The number of hydrazine groups is 1. The third-order valence-electron chi connectivity index (χ3n) is 6.31. The maximum Gasteiger partial charge on any atom is 0.305 e. The first-order valence-electron chi connectivity index (χ1n) is 12.2. The van der Waals surface area contributed by atoms with Gasteiger partial charge >= 0.3 is 5.91 Å². The van der Waals surface area contributed by atoms with E-state index in [-0.39, 0.29) is 11.7 Å². The van der Waals surface area contributed by atoms with E-state index in [0.717, 1.165) is 17.5 Å². The quantitative estimate of drug-likeness (QED) is 0.349. The SMILES string of the molecule is Cc1c(C(=O)NNC(=O)c2ccncc2)oc2c1/C(=N/NC(=O)c1ccc(-c3ccccc3)cc1)CCC2. The number of hydrogen-bond acceptors (Lipinski definition) is 6. The monoisotopic (exact) mass is 507 g/mol. The second-order valence-corrected chi connectivity index (χ2v) is 8.79. The Hall–Kier alpha value is -5.05. The molecule has 0 spiro atoms. The lowest BCUT2D eigenvalue weighted by molar-refractivity contribution is 0.0829. The van der Waals surface area contributed by atoms with E-state index < -0.39 is 11.8 Å². The molecule has 2 aromatic heterocycles. The number of carbonyl (C=O) groups is 3. The van der Waals surface area contributed by atoms with Crippen molar-refractivity contribution in [3.63, 3.8) is 0 Å². The number of pyridine rings is 1. The molecule has 9 nitrogen and oxygen atoms in total. The highest BCUT2D eigenvalue weighted by Gasteiger charge is 2.28. The number of rotatable bonds is 5. The van der Waals surface area contributed by atoms with Gasteiger partial charge < -0.3 is 4.42 Å². The van der Waals surface area contributed by atoms with Crippen LogP contribution in [0.25, 0.3) is 11.1 Å². The van der Waals surface area contributed by atoms with E-state index in [1.54, 1.807) is 19.1 Å². The van der Waals surface area contributed by atoms with Gasteiger partial charge in [0.25, 0.3) is 11.8 Å². The fraction of sp³-hybridized carbons (Fsp3) is 0.138. The summed E-state index contributed by atoms with van der Waals surface area (Å²) in [5, 5.41) is 4.38. The van der Waals surface area contributed by atoms with Crippen molar-refractivity contribution in [2.24, 2.45) is 5.10 Å². The Bertz CT molecular complexity index is 1510. The van der Waals surface area contributed by atoms with Crippen LogP contribution in [0.15, 0.2) is 88.6 Å². The number of furan rings is 1. The Morgan fingerprint density at radius 1 is 0.789 bits per heavy atom. The summed E-state index contributed by atoms with van der Waals surface area (Å²) in [4.78, 5) is 41.6. The summed E-state index contributed by atoms with van der Waals surface area (Å²) in [5.41, 5.74) is 12.3. The number of amides is 3. The van der Waals surface area contributed by atoms with Gasteiger partial charge in [0.05, 0.1) is 5.71 Å². The van der Waals surface area contributed by atoms with E-state index in [1.165, 1.54) is 24.5 Å². The van der Waals surface area contributed by atoms with Crippen LogP contribution in [0.1, 0.15) is 61.0 Å². The number of nitrogens with zero attached hydrogens (tertiary/aromatic N) is 2. The highest BCUT2D eigenvalue weighted by molar-refractivity contribution is 6.07. The van der Waals surface area contributed by atoms with Crippen molar-refractivity contribution in [1.29, 1.82) is 0 Å². The van der Waals surface area contributed by atoms with Gasteiger partial charge in [0.15, 0.2) is 5.76 Å². The normalized spacial score (nSPS) is 13.4. The molecule has 190 valence electrons. The van der Waals surface area contributed by atoms with Gasteiger partial charge in [-0.1, -0.05) is 42.5 Å². The van der Waals surface area contributed by atoms with Crippen molar-refractivity contribution >= 4 is 23.4 Å². The minimum absolute atomic E-state index is 0.0856. The smallest absolute Gasteiger partial charge is 0.305 e. The molecule has 0 saturated carbocycles. The molecule has 0 atom stereocenters. The Morgan fingerprint density at radius 2 is 1.45 bits per heavy atom. The minimum atomic E-state index is -0.582. The molecule has 2 heterocycles. The summed E-state index contributed by atoms with van der Waals surface area (Å²) in [6.45, 7) is 1.76. The van der Waals surface area contributed by atoms with Crippen LogP contribution < -0.4 is 16.3 Å². The molecule has 0 bridgehead atoms. The first-order chi connectivity index (χ1) is 18.5. The van der Waals surface area contributed by atoms with Gasteiger partial charge in [0, 0.05) is 41.1 Å². The van der Waals surface area contributed by atoms with Crippen molar-refractivity contribution in [3.8, 4) is 11.1 Å². The number of aromatic nitrogens is 1. The van der Waals surface area contributed by atoms with Crippen molar-refractivity contribution in [2.75, 3.05) is 0 Å². The number of benzene rings is 2. The predicted octanol–water partition coefficient (Wildman–Crippen LogP) is 4.20. The first kappa shape index (κ1) is 24.6. The van der Waals surface area contributed by atoms with Crippen LogP contribution in [-0.4, -0.2) is 28.4 Å². The Kier molecular flexibility index (Phi) is 7.08. The topological polar surface area (TPSA) is 126 Å². The van der Waals surface area contributed by atoms with Gasteiger partial charge in [0.2, 0.25) is 0 Å². The van der Waals surface area contributed by atoms with Crippen molar-refractivity contribution in [1.82, 2.24) is 21.3 Å². The minimum Gasteiger partial charge on any atom is -0.455 e. The van der Waals surface area contributed by atoms with Crippen LogP contribution >= 0.6 is 0 Å². The first-order valence-corrected chi connectivity index (χ1v) is 12.2. The number of hydrazone groups is 1. The molecule has 0 aliphatic heterocycles. The van der Waals surface area contributed by atoms with Crippen molar-refractivity contribution in [3.05, 3.63) is 113 Å². The number of carbonyl (C=O) groups excluding carboxylic acids is 3. The third kappa shape index (κ3) is 5.22. The highest BCUT2D eigenvalue weighted by Crippen LogP contribution is 2.30. The summed E-state index contributed by atoms with van der Waals surface area (Å²) in [7, 11) is 0. The maximum atomic E-state index is 12.8. The van der Waals surface area contributed by atoms with Crippen LogP contribution in [-0.2, 0) is 6.42 Å². The molecule has 3 N–H and O–H groups in total. The lowest BCUT2D eigenvalue weighted by Crippen LogP contribution is -2.41. The maximum absolute atomic E-state index is 12.8. The van der Waals surface area contributed by atoms with E-state index >= 15 is 0 Å². The fourth-order valence-electron chi connectivity index (χ4n) is 4.37. The van der Waals surface area contributed by atoms with Gasteiger partial charge in [-0.2, -0.15) is 5.10 Å². The number of nitrogens with one attached hydrogen (secondary N) is 3. The predicted molar refractivity (Wildman–Crippen MR) is 141 cm³/mol. The molecule has 1 aliphatic rings. The molecule has 3 amide bonds. The molecule has 1 aliphatic carbocycles. The number of fused-ring (bicyclic) bond motifs is 1. The molecule has 4 aromatic rings. The zero-order chi connectivity index (χ0) is 26.5. The molecule has 2 aromatic carbocycles. The summed E-state index contributed by atoms with van der Waals surface area (Å²) in [5.74, 6) is -0.679. The van der Waals surface area contributed by atoms with Crippen molar-refractivity contribution in [2.45, 2.75) is 26.2 Å². The molecule has 0 unspecified atom stereocenters. The standard InChI is InChI=1S/C29H25N5O4/c1-18-25-23(31-32-27(35)21-12-10-20(11-13-21)19-6-3-2-4-7-19)8-5-9-24(25)38-26(18)29(37)34-33-28(36)22-14-16-30-17-15-22/h2-4,6-7,10-17H,5,8-9H2,1H3,(H,32,35)(H,33,36)(H,34,37)/b31-23+. The summed E-state index contributed by atoms with van der Waals surface area (Å²) >= 11 is 0. The van der Waals surface area contributed by atoms with Crippen LogP contribution in [0.3, 0.4) is 0 Å². The van der Waals surface area contributed by atoms with Crippen LogP contribution in [0.2, 0.25) is 0 Å². The largest absolute Gasteiger partial charge is 0.455 e. The van der Waals surface area contributed by atoms with Crippen LogP contribution in [0.4, 0.5) is 0 Å². The van der Waals surface area contributed by atoms with Gasteiger partial charge in [-0.15, -0.1) is 0 Å². The fourth-order valence-corrected chi connectivity index (χ4v) is 4.37. The summed E-state index contributed by atoms with van der Waals surface area (Å²) < 4.78 is 5.85. The van der Waals surface area contributed by atoms with E-state index in [0.29, 0.717) is 46.6 Å². The molecule has 0 saturated heterocycles. The Balaban J connectivity index is 1.27. The molecule has 38 heavy (non-hydrogen) atoms. The average molecular weight is 508 g/mol. The van der Waals surface area contributed by atoms with E-state index in [9.17, 15) is 14.4 Å². The zero-order valence-electron chi connectivity index (χ0n) is 20.7. The molecular formula is C29H25N5O4. The lowest BCUT2D eigenvalue weighted by atomic mass is 9.93. The summed E-state index contributed by atoms with van der Waals surface area (Å²) in [6.07, 6.45) is 5.00. The van der Waals surface area contributed by atoms with Gasteiger partial charge in [-0.25, -0.2) is 5.43 Å². The number of hydrogen-bond donors (Lipinski definition) is 3. The average Bonchev–Trinajstić information content (AvgIpc) is 3.32. The van der Waals surface area contributed by atoms with E-state index in [1.807, 2.05) is 42.5 Å². The third-order valence-corrected chi connectivity index (χ3v) is 6.31. The summed E-state index contributed by atoms with van der Waals surface area (Å²) in [6, 6.07) is 20.3. The Labute approximate surface area is 219 Å². The van der Waals surface area contributed by atoms with Crippen molar-refractivity contribution < 1.29 is 18.8 Å². The van der Waals surface area contributed by atoms with Gasteiger partial charge in [0.1, 0.15) is 5.76 Å². The lowest BCUT2D eigenvalue weighted by Gasteiger charge is -2.13. The second-order valence-electron chi connectivity index (χ2n) is 8.79. The van der Waals surface area contributed by atoms with Crippen LogP contribution in [0.5, 0.6) is 0 Å². The van der Waals surface area contributed by atoms with Gasteiger partial charge in [-0.05, 0) is 55.2 Å². The molecule has 0 radical (unpaired) electrons. The number of aryl methyl sites for hydroxylation is 1. The zero-order valence-corrected chi connectivity index (χ0v) is 20.7. The van der Waals surface area contributed by atoms with E-state index in [2.05, 4.69) is 26.4 Å². The molecule has 5 rings (SSSR count). The highest BCUT2D eigenvalue weighted by atomic mass is 16.4.